The highest BCUT2D eigenvalue weighted by atomic mass is 16.5. The average molecular weight is 421 g/mol. The molecule has 0 atom stereocenters. The second kappa shape index (κ2) is 9.66. The van der Waals surface area contributed by atoms with E-state index in [-0.39, 0.29) is 12.5 Å². The van der Waals surface area contributed by atoms with Crippen molar-refractivity contribution >= 4 is 23.5 Å². The second-order valence-corrected chi connectivity index (χ2v) is 7.03. The fourth-order valence-corrected chi connectivity index (χ4v) is 2.91. The van der Waals surface area contributed by atoms with Crippen LogP contribution in [0.4, 0.5) is 5.69 Å². The standard InChI is InChI=1S/C22H23N5O4/c1-15-5-4-6-16(2)21(15)25-19(28)11-26(3)20(29)12-31-22(30)17-7-9-18(10-8-17)27-14-23-13-24-27/h4-10,13-14H,11-12H2,1-3H3,(H,25,28). The van der Waals surface area contributed by atoms with E-state index in [4.69, 9.17) is 4.74 Å². The van der Waals surface area contributed by atoms with Gasteiger partial charge in [-0.1, -0.05) is 18.2 Å². The summed E-state index contributed by atoms with van der Waals surface area (Å²) in [6, 6.07) is 12.2. The van der Waals surface area contributed by atoms with E-state index in [1.54, 1.807) is 35.3 Å². The van der Waals surface area contributed by atoms with E-state index in [0.29, 0.717) is 5.56 Å². The fourth-order valence-electron chi connectivity index (χ4n) is 2.91. The molecule has 3 aromatic rings. The van der Waals surface area contributed by atoms with Crippen molar-refractivity contribution in [3.05, 3.63) is 71.8 Å². The van der Waals surface area contributed by atoms with Crippen LogP contribution in [0.5, 0.6) is 0 Å². The molecule has 9 heteroatoms. The van der Waals surface area contributed by atoms with Crippen molar-refractivity contribution in [3.8, 4) is 5.69 Å². The largest absolute Gasteiger partial charge is 0.452 e. The van der Waals surface area contributed by atoms with Crippen molar-refractivity contribution in [1.82, 2.24) is 19.7 Å². The average Bonchev–Trinajstić information content (AvgIpc) is 3.29. The first-order valence-corrected chi connectivity index (χ1v) is 9.57. The number of esters is 1. The van der Waals surface area contributed by atoms with Gasteiger partial charge in [-0.3, -0.25) is 9.59 Å². The lowest BCUT2D eigenvalue weighted by atomic mass is 10.1. The minimum Gasteiger partial charge on any atom is -0.452 e. The number of hydrogen-bond donors (Lipinski definition) is 1. The Balaban J connectivity index is 1.49. The summed E-state index contributed by atoms with van der Waals surface area (Å²) in [6.07, 6.45) is 2.95. The zero-order valence-electron chi connectivity index (χ0n) is 17.5. The second-order valence-electron chi connectivity index (χ2n) is 7.03. The third kappa shape index (κ3) is 5.53. The number of aromatic nitrogens is 3. The molecule has 0 aliphatic carbocycles. The molecular formula is C22H23N5O4. The molecule has 0 saturated heterocycles. The highest BCUT2D eigenvalue weighted by Crippen LogP contribution is 2.19. The number of aryl methyl sites for hydroxylation is 2. The zero-order valence-corrected chi connectivity index (χ0v) is 17.5. The van der Waals surface area contributed by atoms with Gasteiger partial charge >= 0.3 is 5.97 Å². The van der Waals surface area contributed by atoms with Gasteiger partial charge in [-0.2, -0.15) is 5.10 Å². The highest BCUT2D eigenvalue weighted by molar-refractivity contribution is 5.96. The predicted octanol–water partition coefficient (Wildman–Crippen LogP) is 2.14. The monoisotopic (exact) mass is 421 g/mol. The summed E-state index contributed by atoms with van der Waals surface area (Å²) in [4.78, 5) is 41.8. The van der Waals surface area contributed by atoms with E-state index in [1.807, 2.05) is 32.0 Å². The summed E-state index contributed by atoms with van der Waals surface area (Å²) in [7, 11) is 1.48. The number of benzene rings is 2. The number of para-hydroxylation sites is 1. The van der Waals surface area contributed by atoms with Crippen LogP contribution in [0, 0.1) is 13.8 Å². The van der Waals surface area contributed by atoms with Gasteiger partial charge in [0.05, 0.1) is 17.8 Å². The van der Waals surface area contributed by atoms with E-state index in [1.165, 1.54) is 18.3 Å². The Kier molecular flexibility index (Phi) is 6.76. The number of nitrogens with zero attached hydrogens (tertiary/aromatic N) is 4. The number of anilines is 1. The summed E-state index contributed by atoms with van der Waals surface area (Å²) in [5, 5.41) is 6.83. The third-order valence-corrected chi connectivity index (χ3v) is 4.67. The van der Waals surface area contributed by atoms with Gasteiger partial charge < -0.3 is 15.0 Å². The molecule has 2 aromatic carbocycles. The van der Waals surface area contributed by atoms with Gasteiger partial charge in [-0.15, -0.1) is 0 Å². The van der Waals surface area contributed by atoms with Crippen LogP contribution >= 0.6 is 0 Å². The molecule has 1 heterocycles. The van der Waals surface area contributed by atoms with E-state index >= 15 is 0 Å². The minimum absolute atomic E-state index is 0.156. The fraction of sp³-hybridized carbons (Fsp3) is 0.227. The van der Waals surface area contributed by atoms with E-state index in [0.717, 1.165) is 22.5 Å². The number of ether oxygens (including phenoxy) is 1. The van der Waals surface area contributed by atoms with Crippen LogP contribution in [0.1, 0.15) is 21.5 Å². The van der Waals surface area contributed by atoms with E-state index < -0.39 is 18.5 Å². The van der Waals surface area contributed by atoms with Crippen molar-refractivity contribution in [2.24, 2.45) is 0 Å². The predicted molar refractivity (Wildman–Crippen MR) is 114 cm³/mol. The Labute approximate surface area is 179 Å². The lowest BCUT2D eigenvalue weighted by Gasteiger charge is -2.18. The van der Waals surface area contributed by atoms with Gasteiger partial charge in [0.15, 0.2) is 6.61 Å². The van der Waals surface area contributed by atoms with Crippen LogP contribution in [0.2, 0.25) is 0 Å². The van der Waals surface area contributed by atoms with Gasteiger partial charge in [0, 0.05) is 12.7 Å². The minimum atomic E-state index is -0.633. The highest BCUT2D eigenvalue weighted by Gasteiger charge is 2.17. The number of hydrogen-bond acceptors (Lipinski definition) is 6. The van der Waals surface area contributed by atoms with Crippen LogP contribution in [0.25, 0.3) is 5.69 Å². The molecule has 0 saturated carbocycles. The zero-order chi connectivity index (χ0) is 22.4. The van der Waals surface area contributed by atoms with Crippen molar-refractivity contribution in [2.45, 2.75) is 13.8 Å². The SMILES string of the molecule is Cc1cccc(C)c1NC(=O)CN(C)C(=O)COC(=O)c1ccc(-n2cncn2)cc1. The van der Waals surface area contributed by atoms with Crippen molar-refractivity contribution < 1.29 is 19.1 Å². The molecule has 2 amide bonds. The van der Waals surface area contributed by atoms with Crippen LogP contribution in [0.3, 0.4) is 0 Å². The number of rotatable bonds is 7. The smallest absolute Gasteiger partial charge is 0.338 e. The quantitative estimate of drug-likeness (QED) is 0.586. The molecule has 0 radical (unpaired) electrons. The Morgan fingerprint density at radius 3 is 2.35 bits per heavy atom. The van der Waals surface area contributed by atoms with Gasteiger partial charge in [-0.05, 0) is 49.2 Å². The first-order chi connectivity index (χ1) is 14.8. The lowest BCUT2D eigenvalue weighted by Crippen LogP contribution is -2.37. The van der Waals surface area contributed by atoms with E-state index in [2.05, 4.69) is 15.4 Å². The molecule has 160 valence electrons. The molecule has 0 bridgehead atoms. The number of likely N-dealkylation sites (N-methyl/N-ethyl adjacent to an activating group) is 1. The van der Waals surface area contributed by atoms with Gasteiger partial charge in [0.2, 0.25) is 5.91 Å². The van der Waals surface area contributed by atoms with E-state index in [9.17, 15) is 14.4 Å². The third-order valence-electron chi connectivity index (χ3n) is 4.67. The van der Waals surface area contributed by atoms with Gasteiger partial charge in [-0.25, -0.2) is 14.5 Å². The first kappa shape index (κ1) is 21.7. The molecule has 3 rings (SSSR count). The summed E-state index contributed by atoms with van der Waals surface area (Å²) in [5.41, 5.74) is 3.64. The lowest BCUT2D eigenvalue weighted by molar-refractivity contribution is -0.136. The molecule has 1 aromatic heterocycles. The Bertz CT molecular complexity index is 1060. The first-order valence-electron chi connectivity index (χ1n) is 9.57. The van der Waals surface area contributed by atoms with Crippen molar-refractivity contribution in [1.29, 1.82) is 0 Å². The molecular weight excluding hydrogens is 398 g/mol. The van der Waals surface area contributed by atoms with Crippen molar-refractivity contribution in [3.63, 3.8) is 0 Å². The molecule has 31 heavy (non-hydrogen) atoms. The number of carbonyl (C=O) groups is 3. The topological polar surface area (TPSA) is 106 Å². The Morgan fingerprint density at radius 1 is 1.06 bits per heavy atom. The Morgan fingerprint density at radius 2 is 1.74 bits per heavy atom. The summed E-state index contributed by atoms with van der Waals surface area (Å²) < 4.78 is 6.64. The molecule has 0 spiro atoms. The number of nitrogens with one attached hydrogen (secondary N) is 1. The molecule has 1 N–H and O–H groups in total. The normalized spacial score (nSPS) is 10.4. The van der Waals surface area contributed by atoms with Gasteiger partial charge in [0.1, 0.15) is 12.7 Å². The Hall–Kier alpha value is -4.01. The molecule has 9 nitrogen and oxygen atoms in total. The molecule has 0 aliphatic rings. The van der Waals surface area contributed by atoms with Crippen molar-refractivity contribution in [2.75, 3.05) is 25.5 Å². The molecule has 0 unspecified atom stereocenters. The maximum atomic E-state index is 12.3. The number of carbonyl (C=O) groups excluding carboxylic acids is 3. The van der Waals surface area contributed by atoms with Crippen LogP contribution in [-0.4, -0.2) is 57.6 Å². The maximum absolute atomic E-state index is 12.3. The maximum Gasteiger partial charge on any atom is 0.338 e. The van der Waals surface area contributed by atoms with Gasteiger partial charge in [0.25, 0.3) is 5.91 Å². The van der Waals surface area contributed by atoms with Crippen LogP contribution < -0.4 is 5.32 Å². The molecule has 0 fully saturated rings. The summed E-state index contributed by atoms with van der Waals surface area (Å²) >= 11 is 0. The summed E-state index contributed by atoms with van der Waals surface area (Å²) in [5.74, 6) is -1.45. The number of amides is 2. The van der Waals surface area contributed by atoms with Crippen LogP contribution in [0.15, 0.2) is 55.1 Å². The summed E-state index contributed by atoms with van der Waals surface area (Å²) in [6.45, 7) is 3.18. The van der Waals surface area contributed by atoms with Crippen LogP contribution in [-0.2, 0) is 14.3 Å². The molecule has 0 aliphatic heterocycles.